The molecule has 0 radical (unpaired) electrons. The van der Waals surface area contributed by atoms with Crippen molar-refractivity contribution in [2.45, 2.75) is 12.5 Å². The van der Waals surface area contributed by atoms with Crippen LogP contribution in [0.4, 0.5) is 24.5 Å². The highest BCUT2D eigenvalue weighted by atomic mass is 19.1. The fourth-order valence-corrected chi connectivity index (χ4v) is 3.67. The Hall–Kier alpha value is -3.53. The molecule has 5 N–H and O–H groups in total. The van der Waals surface area contributed by atoms with Gasteiger partial charge in [0.2, 0.25) is 5.43 Å². The first-order valence-electron chi connectivity index (χ1n) is 9.05. The van der Waals surface area contributed by atoms with Gasteiger partial charge in [0.05, 0.1) is 22.6 Å². The summed E-state index contributed by atoms with van der Waals surface area (Å²) in [6.07, 6.45) is 1.56. The highest BCUT2D eigenvalue weighted by molar-refractivity contribution is 5.94. The minimum absolute atomic E-state index is 0.0479. The van der Waals surface area contributed by atoms with E-state index in [4.69, 9.17) is 11.5 Å². The third kappa shape index (κ3) is 3.14. The lowest BCUT2D eigenvalue weighted by atomic mass is 10.1. The quantitative estimate of drug-likeness (QED) is 0.562. The molecule has 156 valence electrons. The van der Waals surface area contributed by atoms with Crippen molar-refractivity contribution in [1.29, 1.82) is 0 Å². The molecule has 4 rings (SSSR count). The molecule has 7 nitrogen and oxygen atoms in total. The van der Waals surface area contributed by atoms with Crippen molar-refractivity contribution >= 4 is 28.2 Å². The molecule has 0 aliphatic carbocycles. The largest absolute Gasteiger partial charge is 0.477 e. The maximum Gasteiger partial charge on any atom is 0.341 e. The van der Waals surface area contributed by atoms with Gasteiger partial charge in [-0.05, 0) is 24.6 Å². The molecule has 2 heterocycles. The first kappa shape index (κ1) is 19.8. The van der Waals surface area contributed by atoms with E-state index < -0.39 is 34.4 Å². The van der Waals surface area contributed by atoms with Crippen LogP contribution < -0.4 is 21.8 Å². The van der Waals surface area contributed by atoms with Crippen LogP contribution in [0.2, 0.25) is 0 Å². The number of carbonyl (C=O) groups is 1. The molecule has 1 fully saturated rings. The number of carboxylic acids is 1. The van der Waals surface area contributed by atoms with Crippen molar-refractivity contribution < 1.29 is 23.1 Å². The number of nitrogen functional groups attached to an aromatic ring is 1. The van der Waals surface area contributed by atoms with E-state index in [2.05, 4.69) is 0 Å². The molecule has 1 aliphatic rings. The Morgan fingerprint density at radius 2 is 1.77 bits per heavy atom. The van der Waals surface area contributed by atoms with Crippen LogP contribution in [-0.4, -0.2) is 34.8 Å². The number of carboxylic acid groups (broad SMARTS) is 1. The first-order valence-corrected chi connectivity index (χ1v) is 9.05. The molecular formula is C20H17F3N4O3. The molecule has 1 aromatic heterocycles. The molecule has 30 heavy (non-hydrogen) atoms. The van der Waals surface area contributed by atoms with Gasteiger partial charge in [-0.1, -0.05) is 0 Å². The lowest BCUT2D eigenvalue weighted by molar-refractivity contribution is 0.0695. The molecular weight excluding hydrogens is 401 g/mol. The highest BCUT2D eigenvalue weighted by Crippen LogP contribution is 2.30. The van der Waals surface area contributed by atoms with Crippen molar-refractivity contribution in [3.63, 3.8) is 0 Å². The SMILES string of the molecule is Nc1cc(-n2cc(C(=O)O)c(=O)c3cc(F)c(N4CC[C@H](N)C4)cc32)c(F)cc1F. The van der Waals surface area contributed by atoms with Crippen molar-refractivity contribution in [3.05, 3.63) is 63.7 Å². The number of aromatic nitrogens is 1. The highest BCUT2D eigenvalue weighted by Gasteiger charge is 2.25. The molecule has 0 bridgehead atoms. The summed E-state index contributed by atoms with van der Waals surface area (Å²) in [7, 11) is 0. The van der Waals surface area contributed by atoms with Crippen LogP contribution in [0.3, 0.4) is 0 Å². The second kappa shape index (κ2) is 7.06. The normalized spacial score (nSPS) is 16.4. The molecule has 0 saturated carbocycles. The third-order valence-corrected chi connectivity index (χ3v) is 5.19. The number of rotatable bonds is 3. The van der Waals surface area contributed by atoms with E-state index >= 15 is 0 Å². The van der Waals surface area contributed by atoms with E-state index in [0.29, 0.717) is 25.6 Å². The molecule has 3 aromatic rings. The number of fused-ring (bicyclic) bond motifs is 1. The molecule has 0 amide bonds. The van der Waals surface area contributed by atoms with Crippen molar-refractivity contribution in [2.75, 3.05) is 23.7 Å². The monoisotopic (exact) mass is 418 g/mol. The average molecular weight is 418 g/mol. The lowest BCUT2D eigenvalue weighted by Crippen LogP contribution is -2.27. The summed E-state index contributed by atoms with van der Waals surface area (Å²) < 4.78 is 44.1. The molecule has 0 unspecified atom stereocenters. The maximum atomic E-state index is 14.8. The predicted molar refractivity (Wildman–Crippen MR) is 106 cm³/mol. The van der Waals surface area contributed by atoms with E-state index in [1.165, 1.54) is 6.07 Å². The minimum atomic E-state index is -1.57. The van der Waals surface area contributed by atoms with Gasteiger partial charge in [0.15, 0.2) is 0 Å². The Bertz CT molecular complexity index is 1260. The molecule has 2 aromatic carbocycles. The Morgan fingerprint density at radius 1 is 1.07 bits per heavy atom. The first-order chi connectivity index (χ1) is 14.2. The second-order valence-corrected chi connectivity index (χ2v) is 7.19. The fourth-order valence-electron chi connectivity index (χ4n) is 3.67. The van der Waals surface area contributed by atoms with Crippen LogP contribution in [0, 0.1) is 17.5 Å². The topological polar surface area (TPSA) is 115 Å². The number of benzene rings is 2. The molecule has 1 aliphatic heterocycles. The zero-order valence-corrected chi connectivity index (χ0v) is 15.5. The van der Waals surface area contributed by atoms with E-state index in [0.717, 1.165) is 22.9 Å². The van der Waals surface area contributed by atoms with Gasteiger partial charge in [0.1, 0.15) is 23.0 Å². The van der Waals surface area contributed by atoms with E-state index in [9.17, 15) is 27.9 Å². The zero-order chi connectivity index (χ0) is 21.7. The predicted octanol–water partition coefficient (Wildman–Crippen LogP) is 2.23. The van der Waals surface area contributed by atoms with Gasteiger partial charge in [0.25, 0.3) is 0 Å². The average Bonchev–Trinajstić information content (AvgIpc) is 3.11. The molecule has 1 atom stereocenters. The van der Waals surface area contributed by atoms with E-state index in [-0.39, 0.29) is 34.0 Å². The summed E-state index contributed by atoms with van der Waals surface area (Å²) in [5, 5.41) is 9.12. The van der Waals surface area contributed by atoms with E-state index in [1.54, 1.807) is 4.90 Å². The Morgan fingerprint density at radius 3 is 2.40 bits per heavy atom. The number of anilines is 2. The lowest BCUT2D eigenvalue weighted by Gasteiger charge is -2.21. The molecule has 0 spiro atoms. The van der Waals surface area contributed by atoms with Crippen LogP contribution >= 0.6 is 0 Å². The second-order valence-electron chi connectivity index (χ2n) is 7.19. The summed E-state index contributed by atoms with van der Waals surface area (Å²) in [5.41, 5.74) is 9.36. The van der Waals surface area contributed by atoms with Crippen LogP contribution in [0.5, 0.6) is 0 Å². The molecule has 10 heteroatoms. The van der Waals surface area contributed by atoms with Crippen molar-refractivity contribution in [1.82, 2.24) is 4.57 Å². The van der Waals surface area contributed by atoms with Gasteiger partial charge in [-0.25, -0.2) is 18.0 Å². The van der Waals surface area contributed by atoms with Gasteiger partial charge >= 0.3 is 5.97 Å². The maximum absolute atomic E-state index is 14.8. The summed E-state index contributed by atoms with van der Waals surface area (Å²) >= 11 is 0. The Kier molecular flexibility index (Phi) is 4.65. The standard InChI is InChI=1S/C20H17F3N4O3/c21-12-4-14(23)18(5-15(12)25)27-8-11(20(29)30)19(28)10-3-13(22)17(6-16(10)27)26-2-1-9(24)7-26/h3-6,8-9H,1-2,7,24-25H2,(H,29,30)/t9-/m0/s1. The van der Waals surface area contributed by atoms with E-state index in [1.807, 2.05) is 0 Å². The number of hydrogen-bond donors (Lipinski definition) is 3. The summed E-state index contributed by atoms with van der Waals surface area (Å²) in [5.74, 6) is -4.32. The fraction of sp³-hybridized carbons (Fsp3) is 0.200. The van der Waals surface area contributed by atoms with Gasteiger partial charge in [-0.2, -0.15) is 0 Å². The van der Waals surface area contributed by atoms with Crippen LogP contribution in [0.15, 0.2) is 35.3 Å². The number of pyridine rings is 1. The number of halogens is 3. The zero-order valence-electron chi connectivity index (χ0n) is 15.5. The number of hydrogen-bond acceptors (Lipinski definition) is 5. The van der Waals surface area contributed by atoms with Crippen LogP contribution in [0.25, 0.3) is 16.6 Å². The Balaban J connectivity index is 2.07. The number of nitrogens with two attached hydrogens (primary N) is 2. The van der Waals surface area contributed by atoms with Crippen LogP contribution in [0.1, 0.15) is 16.8 Å². The van der Waals surface area contributed by atoms with Gasteiger partial charge in [-0.15, -0.1) is 0 Å². The summed E-state index contributed by atoms with van der Waals surface area (Å²) in [6, 6.07) is 3.64. The van der Waals surface area contributed by atoms with Gasteiger partial charge in [0, 0.05) is 36.8 Å². The minimum Gasteiger partial charge on any atom is -0.477 e. The van der Waals surface area contributed by atoms with Crippen molar-refractivity contribution in [3.8, 4) is 5.69 Å². The summed E-state index contributed by atoms with van der Waals surface area (Å²) in [6.45, 7) is 0.872. The van der Waals surface area contributed by atoms with Gasteiger partial charge in [-0.3, -0.25) is 4.79 Å². The number of aromatic carboxylic acids is 1. The Labute approximate surface area is 167 Å². The van der Waals surface area contributed by atoms with Gasteiger partial charge < -0.3 is 26.0 Å². The third-order valence-electron chi connectivity index (χ3n) is 5.19. The molecule has 1 saturated heterocycles. The smallest absolute Gasteiger partial charge is 0.341 e. The van der Waals surface area contributed by atoms with Crippen LogP contribution in [-0.2, 0) is 0 Å². The summed E-state index contributed by atoms with van der Waals surface area (Å²) in [4.78, 5) is 25.9. The van der Waals surface area contributed by atoms with Crippen molar-refractivity contribution in [2.24, 2.45) is 5.73 Å². The number of nitrogens with zero attached hydrogens (tertiary/aromatic N) is 2.